The Hall–Kier alpha value is -0.0200. The van der Waals surface area contributed by atoms with Gasteiger partial charge in [-0.15, -0.1) is 0 Å². The molecule has 1 saturated heterocycles. The van der Waals surface area contributed by atoms with Crippen molar-refractivity contribution in [2.45, 2.75) is 17.9 Å². The predicted octanol–water partition coefficient (Wildman–Crippen LogP) is 2.95. The largest absolute Gasteiger partial charge is 0.395 e. The first-order valence-corrected chi connectivity index (χ1v) is 9.56. The van der Waals surface area contributed by atoms with Crippen LogP contribution < -0.4 is 5.73 Å². The number of rotatable bonds is 2. The minimum atomic E-state index is -3.94. The molecule has 1 heterocycles. The summed E-state index contributed by atoms with van der Waals surface area (Å²) in [7, 11) is -3.94. The van der Waals surface area contributed by atoms with E-state index < -0.39 is 20.7 Å². The van der Waals surface area contributed by atoms with E-state index in [0.717, 1.165) is 6.07 Å². The summed E-state index contributed by atoms with van der Waals surface area (Å²) in [6.07, 6.45) is 0. The number of hydrogen-bond acceptors (Lipinski definition) is 4. The van der Waals surface area contributed by atoms with Gasteiger partial charge >= 0.3 is 0 Å². The van der Waals surface area contributed by atoms with Crippen LogP contribution in [-0.2, 0) is 10.0 Å². The molecule has 2 rings (SSSR count). The zero-order valence-electron chi connectivity index (χ0n) is 10.6. The number of anilines is 1. The summed E-state index contributed by atoms with van der Waals surface area (Å²) >= 11 is 10.6. The van der Waals surface area contributed by atoms with Crippen molar-refractivity contribution >= 4 is 55.0 Å². The number of nitrogens with zero attached hydrogens (tertiary/aromatic N) is 1. The number of hydrogen-bond donors (Lipinski definition) is 1. The number of nitrogens with two attached hydrogens (primary N) is 1. The van der Waals surface area contributed by atoms with E-state index in [1.54, 1.807) is 18.7 Å². The summed E-state index contributed by atoms with van der Waals surface area (Å²) in [6.45, 7) is 2.15. The van der Waals surface area contributed by atoms with E-state index >= 15 is 0 Å². The van der Waals surface area contributed by atoms with Crippen LogP contribution in [0, 0.1) is 5.82 Å². The van der Waals surface area contributed by atoms with E-state index in [9.17, 15) is 12.8 Å². The van der Waals surface area contributed by atoms with Gasteiger partial charge in [-0.2, -0.15) is 16.1 Å². The fourth-order valence-electron chi connectivity index (χ4n) is 1.98. The zero-order chi connectivity index (χ0) is 15.1. The Morgan fingerprint density at radius 1 is 1.60 bits per heavy atom. The van der Waals surface area contributed by atoms with Gasteiger partial charge in [-0.3, -0.25) is 0 Å². The number of halogens is 3. The second-order valence-electron chi connectivity index (χ2n) is 4.44. The van der Waals surface area contributed by atoms with Gasteiger partial charge in [0.2, 0.25) is 10.0 Å². The topological polar surface area (TPSA) is 63.4 Å². The highest BCUT2D eigenvalue weighted by molar-refractivity contribution is 9.10. The average molecular weight is 404 g/mol. The Labute approximate surface area is 135 Å². The Bertz CT molecular complexity index is 642. The molecule has 0 amide bonds. The number of sulfonamides is 1. The van der Waals surface area contributed by atoms with Crippen molar-refractivity contribution < 1.29 is 12.8 Å². The van der Waals surface area contributed by atoms with Gasteiger partial charge in [0.25, 0.3) is 0 Å². The molecule has 9 heteroatoms. The summed E-state index contributed by atoms with van der Waals surface area (Å²) < 4.78 is 40.8. The fourth-order valence-corrected chi connectivity index (χ4v) is 5.51. The smallest absolute Gasteiger partial charge is 0.246 e. The van der Waals surface area contributed by atoms with Gasteiger partial charge in [-0.25, -0.2) is 12.8 Å². The standard InChI is InChI=1S/C11H13BrClFN2O2S2/c1-6-5-19-3-2-16(6)20(17,18)8-4-7(13)9(12)11(15)10(8)14/h4,6H,2-3,5,15H2,1H3. The van der Waals surface area contributed by atoms with Crippen LogP contribution in [0.25, 0.3) is 0 Å². The molecule has 0 aliphatic carbocycles. The Morgan fingerprint density at radius 3 is 2.85 bits per heavy atom. The minimum Gasteiger partial charge on any atom is -0.395 e. The maximum absolute atomic E-state index is 14.2. The molecule has 1 unspecified atom stereocenters. The SMILES string of the molecule is CC1CSCCN1S(=O)(=O)c1cc(Cl)c(Br)c(N)c1F. The molecule has 20 heavy (non-hydrogen) atoms. The Kier molecular flexibility index (Phi) is 4.91. The maximum Gasteiger partial charge on any atom is 0.246 e. The molecule has 1 aliphatic heterocycles. The van der Waals surface area contributed by atoms with Gasteiger partial charge in [0, 0.05) is 24.1 Å². The molecular weight excluding hydrogens is 391 g/mol. The van der Waals surface area contributed by atoms with Crippen LogP contribution in [0.4, 0.5) is 10.1 Å². The Morgan fingerprint density at radius 2 is 2.25 bits per heavy atom. The summed E-state index contributed by atoms with van der Waals surface area (Å²) in [5.74, 6) is 0.401. The lowest BCUT2D eigenvalue weighted by molar-refractivity contribution is 0.365. The summed E-state index contributed by atoms with van der Waals surface area (Å²) in [6, 6.07) is 0.906. The van der Waals surface area contributed by atoms with Crippen LogP contribution in [0.3, 0.4) is 0 Å². The second-order valence-corrected chi connectivity index (χ2v) is 8.65. The van der Waals surface area contributed by atoms with Crippen molar-refractivity contribution in [3.8, 4) is 0 Å². The van der Waals surface area contributed by atoms with Crippen LogP contribution in [0.15, 0.2) is 15.4 Å². The number of thioether (sulfide) groups is 1. The molecule has 1 aromatic rings. The third kappa shape index (κ3) is 2.81. The lowest BCUT2D eigenvalue weighted by atomic mass is 10.3. The van der Waals surface area contributed by atoms with Gasteiger partial charge in [0.05, 0.1) is 15.2 Å². The predicted molar refractivity (Wildman–Crippen MR) is 84.2 cm³/mol. The van der Waals surface area contributed by atoms with Gasteiger partial charge in [-0.1, -0.05) is 11.6 Å². The van der Waals surface area contributed by atoms with Crippen molar-refractivity contribution in [3.63, 3.8) is 0 Å². The zero-order valence-corrected chi connectivity index (χ0v) is 14.5. The molecule has 112 valence electrons. The number of nitrogen functional groups attached to an aromatic ring is 1. The molecular formula is C11H13BrClFN2O2S2. The van der Waals surface area contributed by atoms with Crippen LogP contribution in [0.1, 0.15) is 6.92 Å². The average Bonchev–Trinajstić information content (AvgIpc) is 2.40. The normalized spacial score (nSPS) is 21.1. The van der Waals surface area contributed by atoms with Crippen LogP contribution in [0.5, 0.6) is 0 Å². The lowest BCUT2D eigenvalue weighted by Gasteiger charge is -2.32. The van der Waals surface area contributed by atoms with Crippen LogP contribution >= 0.6 is 39.3 Å². The highest BCUT2D eigenvalue weighted by atomic mass is 79.9. The fraction of sp³-hybridized carbons (Fsp3) is 0.455. The van der Waals surface area contributed by atoms with Gasteiger partial charge in [0.15, 0.2) is 5.82 Å². The van der Waals surface area contributed by atoms with E-state index in [4.69, 9.17) is 17.3 Å². The first-order chi connectivity index (χ1) is 9.26. The molecule has 1 fully saturated rings. The minimum absolute atomic E-state index is 0.0708. The lowest BCUT2D eigenvalue weighted by Crippen LogP contribution is -2.44. The second kappa shape index (κ2) is 6.00. The quantitative estimate of drug-likeness (QED) is 0.609. The molecule has 0 radical (unpaired) electrons. The van der Waals surface area contributed by atoms with E-state index in [1.807, 2.05) is 0 Å². The molecule has 0 bridgehead atoms. The molecule has 0 saturated carbocycles. The molecule has 2 N–H and O–H groups in total. The number of benzene rings is 1. The molecule has 0 spiro atoms. The third-order valence-corrected chi connectivity index (χ3v) is 7.63. The summed E-state index contributed by atoms with van der Waals surface area (Å²) in [5.41, 5.74) is 5.25. The van der Waals surface area contributed by atoms with Gasteiger partial charge in [-0.05, 0) is 28.9 Å². The van der Waals surface area contributed by atoms with Crippen molar-refractivity contribution in [2.75, 3.05) is 23.8 Å². The first-order valence-electron chi connectivity index (χ1n) is 5.79. The summed E-state index contributed by atoms with van der Waals surface area (Å²) in [5, 5.41) is 0.0708. The van der Waals surface area contributed by atoms with Crippen LogP contribution in [0.2, 0.25) is 5.02 Å². The summed E-state index contributed by atoms with van der Waals surface area (Å²) in [4.78, 5) is -0.470. The molecule has 4 nitrogen and oxygen atoms in total. The van der Waals surface area contributed by atoms with E-state index in [1.165, 1.54) is 4.31 Å². The van der Waals surface area contributed by atoms with Crippen molar-refractivity contribution in [2.24, 2.45) is 0 Å². The molecule has 1 atom stereocenters. The maximum atomic E-state index is 14.2. The third-order valence-electron chi connectivity index (χ3n) is 3.05. The van der Waals surface area contributed by atoms with E-state index in [2.05, 4.69) is 15.9 Å². The first kappa shape index (κ1) is 16.4. The highest BCUT2D eigenvalue weighted by Crippen LogP contribution is 2.36. The van der Waals surface area contributed by atoms with Crippen molar-refractivity contribution in [1.29, 1.82) is 0 Å². The molecule has 1 aromatic carbocycles. The highest BCUT2D eigenvalue weighted by Gasteiger charge is 2.34. The Balaban J connectivity index is 2.55. The van der Waals surface area contributed by atoms with Crippen molar-refractivity contribution in [3.05, 3.63) is 21.4 Å². The van der Waals surface area contributed by atoms with Crippen LogP contribution in [-0.4, -0.2) is 36.8 Å². The van der Waals surface area contributed by atoms with Crippen molar-refractivity contribution in [1.82, 2.24) is 4.31 Å². The monoisotopic (exact) mass is 402 g/mol. The molecule has 0 aromatic heterocycles. The van der Waals surface area contributed by atoms with Gasteiger partial charge < -0.3 is 5.73 Å². The van der Waals surface area contributed by atoms with E-state index in [0.29, 0.717) is 18.1 Å². The van der Waals surface area contributed by atoms with E-state index in [-0.39, 0.29) is 21.2 Å². The molecule has 1 aliphatic rings. The van der Waals surface area contributed by atoms with Gasteiger partial charge in [0.1, 0.15) is 4.90 Å².